The van der Waals surface area contributed by atoms with Crippen LogP contribution in [0.15, 0.2) is 12.1 Å². The lowest BCUT2D eigenvalue weighted by Crippen LogP contribution is -2.51. The number of ether oxygens (including phenoxy) is 3. The minimum Gasteiger partial charge on any atom is -0.493 e. The third-order valence-electron chi connectivity index (χ3n) is 6.60. The van der Waals surface area contributed by atoms with Crippen molar-refractivity contribution in [2.45, 2.75) is 65.1 Å². The number of rotatable bonds is 7. The minimum absolute atomic E-state index is 0. The van der Waals surface area contributed by atoms with Gasteiger partial charge >= 0.3 is 5.97 Å². The van der Waals surface area contributed by atoms with Gasteiger partial charge in [0.1, 0.15) is 12.1 Å². The maximum atomic E-state index is 12.7. The molecule has 1 saturated heterocycles. The summed E-state index contributed by atoms with van der Waals surface area (Å²) < 4.78 is 17.1. The number of hydrogen-bond acceptors (Lipinski definition) is 6. The number of fused-ring (bicyclic) bond motifs is 3. The largest absolute Gasteiger partial charge is 0.493 e. The van der Waals surface area contributed by atoms with Crippen molar-refractivity contribution in [3.05, 3.63) is 23.3 Å². The number of carbonyl (C=O) groups excluding carboxylic acids is 1. The number of benzene rings is 1. The van der Waals surface area contributed by atoms with Gasteiger partial charge in [-0.05, 0) is 47.9 Å². The van der Waals surface area contributed by atoms with E-state index in [9.17, 15) is 4.79 Å². The first-order valence-electron chi connectivity index (χ1n) is 11.2. The van der Waals surface area contributed by atoms with Crippen molar-refractivity contribution in [1.29, 1.82) is 0 Å². The summed E-state index contributed by atoms with van der Waals surface area (Å²) in [6.45, 7) is 10.3. The Balaban J connectivity index is 0.00000256. The van der Waals surface area contributed by atoms with Gasteiger partial charge in [-0.25, -0.2) is 0 Å². The molecule has 0 spiro atoms. The molecule has 0 bridgehead atoms. The lowest BCUT2D eigenvalue weighted by molar-refractivity contribution is -0.160. The Kier molecular flexibility index (Phi) is 11.1. The van der Waals surface area contributed by atoms with E-state index in [-0.39, 0.29) is 48.8 Å². The molecule has 2 aliphatic rings. The fourth-order valence-corrected chi connectivity index (χ4v) is 4.88. The van der Waals surface area contributed by atoms with E-state index in [2.05, 4.69) is 30.9 Å². The molecule has 0 unspecified atom stereocenters. The van der Waals surface area contributed by atoms with Crippen molar-refractivity contribution >= 4 is 30.8 Å². The monoisotopic (exact) mass is 490 g/mol. The van der Waals surface area contributed by atoms with Crippen molar-refractivity contribution in [1.82, 2.24) is 4.90 Å². The maximum Gasteiger partial charge on any atom is 0.323 e. The van der Waals surface area contributed by atoms with E-state index in [1.165, 1.54) is 11.1 Å². The van der Waals surface area contributed by atoms with E-state index in [0.717, 1.165) is 43.9 Å². The van der Waals surface area contributed by atoms with Crippen molar-refractivity contribution in [2.75, 3.05) is 27.3 Å². The van der Waals surface area contributed by atoms with Gasteiger partial charge in [0.2, 0.25) is 0 Å². The second-order valence-electron chi connectivity index (χ2n) is 9.54. The lowest BCUT2D eigenvalue weighted by Gasteiger charge is -2.47. The summed E-state index contributed by atoms with van der Waals surface area (Å²) in [4.78, 5) is 15.2. The number of methoxy groups -OCH3 is 2. The Morgan fingerprint density at radius 1 is 1.12 bits per heavy atom. The third kappa shape index (κ3) is 6.22. The molecule has 8 heteroatoms. The lowest BCUT2D eigenvalue weighted by atomic mass is 9.79. The second-order valence-corrected chi connectivity index (χ2v) is 9.54. The summed E-state index contributed by atoms with van der Waals surface area (Å²) in [5.41, 5.74) is 8.64. The molecule has 1 aromatic rings. The van der Waals surface area contributed by atoms with Gasteiger partial charge in [0.15, 0.2) is 11.5 Å². The molecule has 0 amide bonds. The SMILES string of the molecule is COc1cc2c(cc1OC)[C@@H]1C[C@H](OC(=O)[C@@H](N)C(C)C)[C@@H](CC(C)C)CN1CC2.Cl.Cl. The van der Waals surface area contributed by atoms with Crippen LogP contribution in [0.4, 0.5) is 0 Å². The topological polar surface area (TPSA) is 74.0 Å². The molecule has 6 nitrogen and oxygen atoms in total. The zero-order valence-electron chi connectivity index (χ0n) is 20.1. The molecule has 0 radical (unpaired) electrons. The number of nitrogens with two attached hydrogens (primary N) is 1. The Labute approximate surface area is 205 Å². The van der Waals surface area contributed by atoms with Crippen molar-refractivity contribution in [3.8, 4) is 11.5 Å². The van der Waals surface area contributed by atoms with Crippen molar-refractivity contribution in [2.24, 2.45) is 23.5 Å². The predicted molar refractivity (Wildman–Crippen MR) is 132 cm³/mol. The van der Waals surface area contributed by atoms with E-state index >= 15 is 0 Å². The Hall–Kier alpha value is -1.21. The summed E-state index contributed by atoms with van der Waals surface area (Å²) in [6, 6.07) is 3.84. The smallest absolute Gasteiger partial charge is 0.323 e. The van der Waals surface area contributed by atoms with Gasteiger partial charge < -0.3 is 19.9 Å². The van der Waals surface area contributed by atoms with Gasteiger partial charge in [-0.2, -0.15) is 0 Å². The van der Waals surface area contributed by atoms with E-state index in [1.807, 2.05) is 13.8 Å². The van der Waals surface area contributed by atoms with Gasteiger partial charge in [-0.1, -0.05) is 27.7 Å². The van der Waals surface area contributed by atoms with Gasteiger partial charge in [0.05, 0.1) is 14.2 Å². The summed E-state index contributed by atoms with van der Waals surface area (Å²) in [7, 11) is 3.34. The third-order valence-corrected chi connectivity index (χ3v) is 6.60. The van der Waals surface area contributed by atoms with Gasteiger partial charge in [0, 0.05) is 31.5 Å². The van der Waals surface area contributed by atoms with Crippen LogP contribution >= 0.6 is 24.8 Å². The zero-order chi connectivity index (χ0) is 22.0. The highest BCUT2D eigenvalue weighted by molar-refractivity contribution is 5.85. The second kappa shape index (κ2) is 12.3. The van der Waals surface area contributed by atoms with Crippen LogP contribution in [0.2, 0.25) is 0 Å². The average Bonchev–Trinajstić information content (AvgIpc) is 2.71. The molecule has 0 saturated carbocycles. The molecular weight excluding hydrogens is 451 g/mol. The quantitative estimate of drug-likeness (QED) is 0.570. The van der Waals surface area contributed by atoms with E-state index in [0.29, 0.717) is 11.8 Å². The van der Waals surface area contributed by atoms with Crippen LogP contribution in [0, 0.1) is 17.8 Å². The Morgan fingerprint density at radius 3 is 2.31 bits per heavy atom. The van der Waals surface area contributed by atoms with Crippen LogP contribution in [0.5, 0.6) is 11.5 Å². The van der Waals surface area contributed by atoms with Crippen LogP contribution in [0.25, 0.3) is 0 Å². The molecule has 2 aliphatic heterocycles. The van der Waals surface area contributed by atoms with Crippen molar-refractivity contribution < 1.29 is 19.0 Å². The molecule has 0 aliphatic carbocycles. The van der Waals surface area contributed by atoms with Crippen LogP contribution in [-0.2, 0) is 16.0 Å². The molecular formula is C24H40Cl2N2O4. The summed E-state index contributed by atoms with van der Waals surface area (Å²) in [6.07, 6.45) is 2.70. The average molecular weight is 492 g/mol. The number of hydrogen-bond donors (Lipinski definition) is 1. The van der Waals surface area contributed by atoms with Crippen LogP contribution in [0.1, 0.15) is 57.7 Å². The highest BCUT2D eigenvalue weighted by atomic mass is 35.5. The highest BCUT2D eigenvalue weighted by Crippen LogP contribution is 2.44. The molecule has 1 fully saturated rings. The van der Waals surface area contributed by atoms with Gasteiger partial charge in [0.25, 0.3) is 0 Å². The first-order chi connectivity index (χ1) is 14.2. The number of piperidine rings is 1. The molecule has 1 aromatic carbocycles. The van der Waals surface area contributed by atoms with Crippen molar-refractivity contribution in [3.63, 3.8) is 0 Å². The van der Waals surface area contributed by atoms with Crippen LogP contribution in [0.3, 0.4) is 0 Å². The highest BCUT2D eigenvalue weighted by Gasteiger charge is 2.41. The maximum absolute atomic E-state index is 12.7. The Bertz CT molecular complexity index is 760. The first-order valence-corrected chi connectivity index (χ1v) is 11.2. The number of nitrogens with zero attached hydrogens (tertiary/aromatic N) is 1. The Morgan fingerprint density at radius 2 is 1.75 bits per heavy atom. The van der Waals surface area contributed by atoms with Crippen LogP contribution < -0.4 is 15.2 Å². The molecule has 2 heterocycles. The van der Waals surface area contributed by atoms with E-state index < -0.39 is 6.04 Å². The first kappa shape index (κ1) is 28.8. The van der Waals surface area contributed by atoms with Gasteiger partial charge in [-0.15, -0.1) is 24.8 Å². The molecule has 32 heavy (non-hydrogen) atoms. The summed E-state index contributed by atoms with van der Waals surface area (Å²) >= 11 is 0. The van der Waals surface area contributed by atoms with Gasteiger partial charge in [-0.3, -0.25) is 9.69 Å². The fraction of sp³-hybridized carbons (Fsp3) is 0.708. The molecule has 3 rings (SSSR count). The number of esters is 1. The molecule has 4 atom stereocenters. The summed E-state index contributed by atoms with van der Waals surface area (Å²) in [5, 5.41) is 0. The minimum atomic E-state index is -0.578. The number of halogens is 2. The molecule has 0 aromatic heterocycles. The van der Waals surface area contributed by atoms with E-state index in [1.54, 1.807) is 14.2 Å². The normalized spacial score (nSPS) is 23.3. The standard InChI is InChI=1S/C24H38N2O4.2ClH/c1-14(2)9-17-13-26-8-7-16-10-21(28-5)22(29-6)11-18(16)19(26)12-20(17)30-24(27)23(25)15(3)4;;/h10-11,14-15,17,19-20,23H,7-9,12-13,25H2,1-6H3;2*1H/t17-,19-,20-,23-;;/m0../s1. The fourth-order valence-electron chi connectivity index (χ4n) is 4.88. The molecule has 184 valence electrons. The van der Waals surface area contributed by atoms with E-state index in [4.69, 9.17) is 19.9 Å². The number of carbonyl (C=O) groups is 1. The predicted octanol–water partition coefficient (Wildman–Crippen LogP) is 4.41. The zero-order valence-corrected chi connectivity index (χ0v) is 21.8. The summed E-state index contributed by atoms with van der Waals surface area (Å²) in [5.74, 6) is 2.18. The molecule has 2 N–H and O–H groups in total. The van der Waals surface area contributed by atoms with Crippen LogP contribution in [-0.4, -0.2) is 50.3 Å².